The number of fused-ring (bicyclic) bond motifs is 2. The Morgan fingerprint density at radius 2 is 2.05 bits per heavy atom. The van der Waals surface area contributed by atoms with Gasteiger partial charge in [0.05, 0.1) is 13.0 Å². The minimum absolute atomic E-state index is 0.184. The molecule has 0 unspecified atom stereocenters. The summed E-state index contributed by atoms with van der Waals surface area (Å²) in [7, 11) is 1.39. The Kier molecular flexibility index (Phi) is 4.61. The maximum Gasteiger partial charge on any atom is 0.307 e. The van der Waals surface area contributed by atoms with E-state index in [2.05, 4.69) is 10.8 Å². The van der Waals surface area contributed by atoms with E-state index in [-0.39, 0.29) is 17.8 Å². The Hall–Kier alpha value is -1.32. The van der Waals surface area contributed by atoms with Crippen molar-refractivity contribution >= 4 is 11.9 Å². The van der Waals surface area contributed by atoms with Gasteiger partial charge in [0.1, 0.15) is 0 Å². The van der Waals surface area contributed by atoms with E-state index in [9.17, 15) is 14.7 Å². The van der Waals surface area contributed by atoms with E-state index < -0.39 is 5.97 Å². The first kappa shape index (κ1) is 14.1. The van der Waals surface area contributed by atoms with Crippen LogP contribution in [0.5, 0.6) is 0 Å². The van der Waals surface area contributed by atoms with E-state index in [0.717, 1.165) is 25.7 Å². The third kappa shape index (κ3) is 3.17. The minimum Gasteiger partial charge on any atom is -0.481 e. The molecule has 2 saturated carbocycles. The van der Waals surface area contributed by atoms with Gasteiger partial charge in [0.25, 0.3) is 0 Å². The number of methoxy groups -OCH3 is 1. The first-order valence-electron chi connectivity index (χ1n) is 7.09. The van der Waals surface area contributed by atoms with Gasteiger partial charge in [0.15, 0.2) is 0 Å². The number of carboxylic acid groups (broad SMARTS) is 1. The van der Waals surface area contributed by atoms with Crippen LogP contribution in [0.4, 0.5) is 0 Å². The van der Waals surface area contributed by atoms with Crippen LogP contribution in [0.3, 0.4) is 0 Å². The predicted molar refractivity (Wildman–Crippen MR) is 70.5 cm³/mol. The van der Waals surface area contributed by atoms with Crippen molar-refractivity contribution in [2.75, 3.05) is 7.11 Å². The second kappa shape index (κ2) is 6.22. The molecule has 2 fully saturated rings. The average Bonchev–Trinajstić information content (AvgIpc) is 2.98. The van der Waals surface area contributed by atoms with Crippen molar-refractivity contribution in [2.24, 2.45) is 23.7 Å². The van der Waals surface area contributed by atoms with Gasteiger partial charge in [0, 0.05) is 6.42 Å². The second-order valence-corrected chi connectivity index (χ2v) is 5.67. The number of esters is 1. The van der Waals surface area contributed by atoms with Gasteiger partial charge in [-0.15, -0.1) is 0 Å². The number of aliphatic carboxylic acids is 1. The summed E-state index contributed by atoms with van der Waals surface area (Å²) in [6.07, 6.45) is 9.47. The van der Waals surface area contributed by atoms with Gasteiger partial charge in [-0.3, -0.25) is 9.59 Å². The molecule has 1 N–H and O–H groups in total. The summed E-state index contributed by atoms with van der Waals surface area (Å²) in [4.78, 5) is 22.3. The van der Waals surface area contributed by atoms with Crippen LogP contribution in [-0.4, -0.2) is 24.2 Å². The lowest BCUT2D eigenvalue weighted by Gasteiger charge is -2.25. The fourth-order valence-corrected chi connectivity index (χ4v) is 3.70. The quantitative estimate of drug-likeness (QED) is 0.456. The van der Waals surface area contributed by atoms with Gasteiger partial charge in [-0.25, -0.2) is 0 Å². The minimum atomic E-state index is -0.642. The number of rotatable bonds is 6. The molecule has 4 heteroatoms. The molecule has 0 aromatic carbocycles. The van der Waals surface area contributed by atoms with Crippen LogP contribution in [0.2, 0.25) is 0 Å². The molecule has 0 aromatic heterocycles. The molecule has 2 aliphatic rings. The first-order valence-corrected chi connectivity index (χ1v) is 7.09. The van der Waals surface area contributed by atoms with Crippen molar-refractivity contribution in [3.8, 4) is 0 Å². The molecule has 0 spiro atoms. The highest BCUT2D eigenvalue weighted by molar-refractivity contribution is 5.72. The van der Waals surface area contributed by atoms with Crippen LogP contribution in [0, 0.1) is 23.7 Å². The molecule has 4 nitrogen and oxygen atoms in total. The molecule has 106 valence electrons. The lowest BCUT2D eigenvalue weighted by atomic mass is 9.79. The molecule has 2 aliphatic carbocycles. The maximum atomic E-state index is 11.3. The van der Waals surface area contributed by atoms with Crippen molar-refractivity contribution < 1.29 is 19.4 Å². The van der Waals surface area contributed by atoms with E-state index in [1.54, 1.807) is 0 Å². The van der Waals surface area contributed by atoms with Gasteiger partial charge in [-0.2, -0.15) is 0 Å². The highest BCUT2D eigenvalue weighted by atomic mass is 16.5. The Morgan fingerprint density at radius 1 is 1.32 bits per heavy atom. The summed E-state index contributed by atoms with van der Waals surface area (Å²) >= 11 is 0. The van der Waals surface area contributed by atoms with E-state index in [1.807, 2.05) is 6.08 Å². The second-order valence-electron chi connectivity index (χ2n) is 5.67. The SMILES string of the molecule is COC(=O)CCC/C=C/[C@@H]1[C@@H]2CC[C@H](C2)[C@@H]1C(=O)O. The number of unbranched alkanes of at least 4 members (excludes halogenated alkanes) is 1. The number of allylic oxidation sites excluding steroid dienone is 2. The van der Waals surface area contributed by atoms with Gasteiger partial charge < -0.3 is 9.84 Å². The third-order valence-corrected chi connectivity index (χ3v) is 4.60. The molecule has 0 radical (unpaired) electrons. The molecule has 0 heterocycles. The molecular formula is C15H22O4. The van der Waals surface area contributed by atoms with Crippen LogP contribution in [0.1, 0.15) is 38.5 Å². The maximum absolute atomic E-state index is 11.3. The summed E-state index contributed by atoms with van der Waals surface area (Å²) in [6.45, 7) is 0. The molecule has 19 heavy (non-hydrogen) atoms. The monoisotopic (exact) mass is 266 g/mol. The van der Waals surface area contributed by atoms with Crippen LogP contribution >= 0.6 is 0 Å². The molecule has 0 saturated heterocycles. The normalized spacial score (nSPS) is 32.9. The standard InChI is InChI=1S/C15H22O4/c1-19-13(16)6-4-2-3-5-12-10-7-8-11(9-10)14(12)15(17)18/h3,5,10-12,14H,2,4,6-9H2,1H3,(H,17,18)/b5-3+/t10-,11-,12-,14+/m1/s1. The largest absolute Gasteiger partial charge is 0.481 e. The number of hydrogen-bond acceptors (Lipinski definition) is 3. The smallest absolute Gasteiger partial charge is 0.307 e. The Balaban J connectivity index is 1.81. The molecule has 0 aromatic rings. The highest BCUT2D eigenvalue weighted by Crippen LogP contribution is 2.52. The third-order valence-electron chi connectivity index (χ3n) is 4.60. The summed E-state index contributed by atoms with van der Waals surface area (Å²) in [5.74, 6) is 0.133. The molecule has 0 aliphatic heterocycles. The Morgan fingerprint density at radius 3 is 2.74 bits per heavy atom. The summed E-state index contributed by atoms with van der Waals surface area (Å²) in [5, 5.41) is 9.32. The van der Waals surface area contributed by atoms with E-state index in [1.165, 1.54) is 13.5 Å². The fraction of sp³-hybridized carbons (Fsp3) is 0.733. The molecule has 0 amide bonds. The first-order chi connectivity index (χ1) is 9.13. The number of hydrogen-bond donors (Lipinski definition) is 1. The van der Waals surface area contributed by atoms with Crippen LogP contribution in [-0.2, 0) is 14.3 Å². The average molecular weight is 266 g/mol. The van der Waals surface area contributed by atoms with E-state index in [0.29, 0.717) is 18.3 Å². The number of carbonyl (C=O) groups is 2. The topological polar surface area (TPSA) is 63.6 Å². The van der Waals surface area contributed by atoms with Crippen LogP contribution in [0.15, 0.2) is 12.2 Å². The fourth-order valence-electron chi connectivity index (χ4n) is 3.70. The molecule has 4 atom stereocenters. The molecular weight excluding hydrogens is 244 g/mol. The summed E-state index contributed by atoms with van der Waals surface area (Å²) in [6, 6.07) is 0. The van der Waals surface area contributed by atoms with Crippen molar-refractivity contribution in [1.29, 1.82) is 0 Å². The van der Waals surface area contributed by atoms with E-state index in [4.69, 9.17) is 0 Å². The van der Waals surface area contributed by atoms with Gasteiger partial charge >= 0.3 is 11.9 Å². The molecule has 2 bridgehead atoms. The summed E-state index contributed by atoms with van der Waals surface area (Å²) < 4.78 is 4.58. The lowest BCUT2D eigenvalue weighted by molar-refractivity contribution is -0.144. The van der Waals surface area contributed by atoms with Crippen molar-refractivity contribution in [2.45, 2.75) is 38.5 Å². The van der Waals surface area contributed by atoms with Crippen molar-refractivity contribution in [1.82, 2.24) is 0 Å². The zero-order chi connectivity index (χ0) is 13.8. The van der Waals surface area contributed by atoms with Crippen LogP contribution < -0.4 is 0 Å². The molecule has 2 rings (SSSR count). The van der Waals surface area contributed by atoms with Gasteiger partial charge in [0.2, 0.25) is 0 Å². The van der Waals surface area contributed by atoms with Gasteiger partial charge in [-0.1, -0.05) is 12.2 Å². The predicted octanol–water partition coefficient (Wildman–Crippen LogP) is 2.63. The van der Waals surface area contributed by atoms with Crippen LogP contribution in [0.25, 0.3) is 0 Å². The summed E-state index contributed by atoms with van der Waals surface area (Å²) in [5.41, 5.74) is 0. The Labute approximate surface area is 113 Å². The highest BCUT2D eigenvalue weighted by Gasteiger charge is 2.49. The van der Waals surface area contributed by atoms with Crippen molar-refractivity contribution in [3.05, 3.63) is 12.2 Å². The zero-order valence-electron chi connectivity index (χ0n) is 11.4. The zero-order valence-corrected chi connectivity index (χ0v) is 11.4. The van der Waals surface area contributed by atoms with Crippen molar-refractivity contribution in [3.63, 3.8) is 0 Å². The number of carboxylic acids is 1. The van der Waals surface area contributed by atoms with E-state index >= 15 is 0 Å². The lowest BCUT2D eigenvalue weighted by Crippen LogP contribution is -2.28. The number of ether oxygens (including phenoxy) is 1. The van der Waals surface area contributed by atoms with Gasteiger partial charge in [-0.05, 0) is 49.9 Å². The Bertz CT molecular complexity index is 374. The number of carbonyl (C=O) groups excluding carboxylic acids is 1.